The number of thioether (sulfide) groups is 1. The zero-order valence-corrected chi connectivity index (χ0v) is 17.8. The summed E-state index contributed by atoms with van der Waals surface area (Å²) in [5.74, 6) is 0.654. The molecule has 1 aromatic rings. The molecule has 1 fully saturated rings. The van der Waals surface area contributed by atoms with E-state index in [1.54, 1.807) is 18.2 Å². The van der Waals surface area contributed by atoms with E-state index in [9.17, 15) is 14.4 Å². The second kappa shape index (κ2) is 10.0. The van der Waals surface area contributed by atoms with Crippen LogP contribution < -0.4 is 19.5 Å². The van der Waals surface area contributed by atoms with Crippen molar-refractivity contribution in [2.24, 2.45) is 0 Å². The van der Waals surface area contributed by atoms with Gasteiger partial charge < -0.3 is 19.5 Å². The van der Waals surface area contributed by atoms with Gasteiger partial charge in [0.25, 0.3) is 11.1 Å². The molecular formula is C20H24N2O6S. The summed E-state index contributed by atoms with van der Waals surface area (Å²) in [7, 11) is 4.50. The molecule has 0 unspecified atom stereocenters. The molecule has 0 radical (unpaired) electrons. The third-order valence-electron chi connectivity index (χ3n) is 3.91. The van der Waals surface area contributed by atoms with Gasteiger partial charge >= 0.3 is 0 Å². The highest BCUT2D eigenvalue weighted by Gasteiger charge is 2.34. The molecule has 1 aromatic carbocycles. The van der Waals surface area contributed by atoms with E-state index in [1.165, 1.54) is 27.4 Å². The van der Waals surface area contributed by atoms with E-state index in [0.717, 1.165) is 22.2 Å². The average Bonchev–Trinajstić information content (AvgIpc) is 2.93. The summed E-state index contributed by atoms with van der Waals surface area (Å²) in [4.78, 5) is 37.9. The molecule has 1 aliphatic heterocycles. The van der Waals surface area contributed by atoms with Gasteiger partial charge in [-0.25, -0.2) is 0 Å². The van der Waals surface area contributed by atoms with Crippen LogP contribution in [0.25, 0.3) is 6.08 Å². The minimum Gasteiger partial charge on any atom is -0.493 e. The molecule has 2 rings (SSSR count). The molecule has 1 N–H and O–H groups in total. The number of ether oxygens (including phenoxy) is 3. The molecule has 3 amide bonds. The number of benzene rings is 1. The number of amides is 3. The molecule has 8 nitrogen and oxygen atoms in total. The third kappa shape index (κ3) is 5.54. The Morgan fingerprint density at radius 2 is 1.72 bits per heavy atom. The van der Waals surface area contributed by atoms with Crippen molar-refractivity contribution in [1.29, 1.82) is 0 Å². The molecule has 0 spiro atoms. The van der Waals surface area contributed by atoms with Crippen molar-refractivity contribution in [2.45, 2.75) is 13.8 Å². The molecule has 29 heavy (non-hydrogen) atoms. The van der Waals surface area contributed by atoms with E-state index in [2.05, 4.69) is 5.32 Å². The monoisotopic (exact) mass is 420 g/mol. The Kier molecular flexibility index (Phi) is 7.72. The van der Waals surface area contributed by atoms with Crippen molar-refractivity contribution < 1.29 is 28.6 Å². The summed E-state index contributed by atoms with van der Waals surface area (Å²) in [6.45, 7) is 3.89. The minimum absolute atomic E-state index is 0.0968. The predicted octanol–water partition coefficient (Wildman–Crippen LogP) is 2.83. The van der Waals surface area contributed by atoms with Crippen LogP contribution in [0.15, 0.2) is 28.7 Å². The van der Waals surface area contributed by atoms with Gasteiger partial charge in [0.15, 0.2) is 11.5 Å². The van der Waals surface area contributed by atoms with Crippen LogP contribution in [0.1, 0.15) is 19.4 Å². The zero-order valence-electron chi connectivity index (χ0n) is 17.0. The minimum atomic E-state index is -0.412. The van der Waals surface area contributed by atoms with E-state index in [1.807, 2.05) is 13.8 Å². The first-order valence-corrected chi connectivity index (χ1v) is 9.60. The molecule has 0 atom stereocenters. The van der Waals surface area contributed by atoms with E-state index >= 15 is 0 Å². The van der Waals surface area contributed by atoms with E-state index in [4.69, 9.17) is 14.2 Å². The summed E-state index contributed by atoms with van der Waals surface area (Å²) in [5, 5.41) is 2.27. The fraction of sp³-hybridized carbons (Fsp3) is 0.350. The van der Waals surface area contributed by atoms with Crippen molar-refractivity contribution in [2.75, 3.05) is 34.4 Å². The van der Waals surface area contributed by atoms with Gasteiger partial charge in [0.1, 0.15) is 0 Å². The Morgan fingerprint density at radius 3 is 2.24 bits per heavy atom. The first-order chi connectivity index (χ1) is 13.8. The molecule has 0 bridgehead atoms. The standard InChI is InChI=1S/C20H24N2O6S/c1-12(2)8-17(23)21-6-7-22-19(24)16(29-20(22)25)11-13-9-14(26-3)18(28-5)15(10-13)27-4/h8-11H,6-7H2,1-5H3,(H,21,23)/b16-11+. The van der Waals surface area contributed by atoms with Crippen molar-refractivity contribution >= 4 is 34.9 Å². The smallest absolute Gasteiger partial charge is 0.293 e. The van der Waals surface area contributed by atoms with Crippen LogP contribution in [0, 0.1) is 0 Å². The Morgan fingerprint density at radius 1 is 1.10 bits per heavy atom. The number of allylic oxidation sites excluding steroid dienone is 1. The molecule has 0 aromatic heterocycles. The van der Waals surface area contributed by atoms with Crippen LogP contribution in [0.5, 0.6) is 17.2 Å². The average molecular weight is 420 g/mol. The lowest BCUT2D eigenvalue weighted by Crippen LogP contribution is -2.36. The third-order valence-corrected chi connectivity index (χ3v) is 4.82. The summed E-state index contributed by atoms with van der Waals surface area (Å²) < 4.78 is 15.9. The highest BCUT2D eigenvalue weighted by atomic mass is 32.2. The second-order valence-electron chi connectivity index (χ2n) is 6.30. The van der Waals surface area contributed by atoms with Crippen molar-refractivity contribution in [3.8, 4) is 17.2 Å². The highest BCUT2D eigenvalue weighted by molar-refractivity contribution is 8.18. The molecule has 0 aliphatic carbocycles. The fourth-order valence-electron chi connectivity index (χ4n) is 2.63. The maximum Gasteiger partial charge on any atom is 0.293 e. The van der Waals surface area contributed by atoms with Gasteiger partial charge in [-0.3, -0.25) is 19.3 Å². The van der Waals surface area contributed by atoms with E-state index < -0.39 is 5.91 Å². The second-order valence-corrected chi connectivity index (χ2v) is 7.30. The normalized spacial score (nSPS) is 14.8. The lowest BCUT2D eigenvalue weighted by molar-refractivity contribution is -0.123. The van der Waals surface area contributed by atoms with Gasteiger partial charge in [-0.15, -0.1) is 0 Å². The summed E-state index contributed by atoms with van der Waals surface area (Å²) in [5.41, 5.74) is 1.49. The molecular weight excluding hydrogens is 396 g/mol. The largest absolute Gasteiger partial charge is 0.493 e. The van der Waals surface area contributed by atoms with Crippen LogP contribution in [-0.4, -0.2) is 56.4 Å². The predicted molar refractivity (Wildman–Crippen MR) is 111 cm³/mol. The topological polar surface area (TPSA) is 94.2 Å². The van der Waals surface area contributed by atoms with Crippen molar-refractivity contribution in [1.82, 2.24) is 10.2 Å². The summed E-state index contributed by atoms with van der Waals surface area (Å²) >= 11 is 0.844. The lowest BCUT2D eigenvalue weighted by atomic mass is 10.1. The van der Waals surface area contributed by atoms with Gasteiger partial charge in [-0.2, -0.15) is 0 Å². The van der Waals surface area contributed by atoms with Gasteiger partial charge in [0.05, 0.1) is 26.2 Å². The first kappa shape index (κ1) is 22.4. The Labute approximate surface area is 173 Å². The Balaban J connectivity index is 2.15. The van der Waals surface area contributed by atoms with Gasteiger partial charge in [0.2, 0.25) is 11.7 Å². The molecule has 1 aliphatic rings. The van der Waals surface area contributed by atoms with E-state index in [-0.39, 0.29) is 29.1 Å². The van der Waals surface area contributed by atoms with Gasteiger partial charge in [0, 0.05) is 19.2 Å². The van der Waals surface area contributed by atoms with E-state index in [0.29, 0.717) is 22.8 Å². The number of hydrogen-bond acceptors (Lipinski definition) is 7. The van der Waals surface area contributed by atoms with Crippen molar-refractivity contribution in [3.63, 3.8) is 0 Å². The number of nitrogens with one attached hydrogen (secondary N) is 1. The van der Waals surface area contributed by atoms with Crippen LogP contribution in [0.3, 0.4) is 0 Å². The Bertz CT molecular complexity index is 849. The zero-order chi connectivity index (χ0) is 21.6. The maximum absolute atomic E-state index is 12.6. The van der Waals surface area contributed by atoms with Gasteiger partial charge in [-0.05, 0) is 49.4 Å². The molecule has 1 heterocycles. The molecule has 156 valence electrons. The number of carbonyl (C=O) groups excluding carboxylic acids is 3. The number of hydrogen-bond donors (Lipinski definition) is 1. The first-order valence-electron chi connectivity index (χ1n) is 8.78. The molecule has 0 saturated carbocycles. The number of methoxy groups -OCH3 is 3. The maximum atomic E-state index is 12.6. The Hall–Kier alpha value is -2.94. The van der Waals surface area contributed by atoms with Gasteiger partial charge in [-0.1, -0.05) is 5.57 Å². The van der Waals surface area contributed by atoms with Crippen LogP contribution >= 0.6 is 11.8 Å². The number of nitrogens with zero attached hydrogens (tertiary/aromatic N) is 1. The molecule has 9 heteroatoms. The van der Waals surface area contributed by atoms with Crippen LogP contribution in [0.4, 0.5) is 4.79 Å². The van der Waals surface area contributed by atoms with Crippen molar-refractivity contribution in [3.05, 3.63) is 34.3 Å². The SMILES string of the molecule is COc1cc(/C=C2/SC(=O)N(CCNC(=O)C=C(C)C)C2=O)cc(OC)c1OC. The quantitative estimate of drug-likeness (QED) is 0.646. The number of carbonyl (C=O) groups is 3. The summed E-state index contributed by atoms with van der Waals surface area (Å²) in [6.07, 6.45) is 3.05. The fourth-order valence-corrected chi connectivity index (χ4v) is 3.50. The number of rotatable bonds is 8. The van der Waals surface area contributed by atoms with Crippen LogP contribution in [-0.2, 0) is 9.59 Å². The number of imide groups is 1. The lowest BCUT2D eigenvalue weighted by Gasteiger charge is -2.13. The molecule has 1 saturated heterocycles. The highest BCUT2D eigenvalue weighted by Crippen LogP contribution is 2.40. The van der Waals surface area contributed by atoms with Crippen LogP contribution in [0.2, 0.25) is 0 Å². The summed E-state index contributed by atoms with van der Waals surface area (Å²) in [6, 6.07) is 3.38.